The number of anilines is 1. The Morgan fingerprint density at radius 3 is 2.36 bits per heavy atom. The van der Waals surface area contributed by atoms with Crippen LogP contribution in [0.1, 0.15) is 32.3 Å². The number of alkyl halides is 3. The van der Waals surface area contributed by atoms with Gasteiger partial charge in [0.2, 0.25) is 0 Å². The summed E-state index contributed by atoms with van der Waals surface area (Å²) in [5.74, 6) is 1.18. The minimum atomic E-state index is -4.33. The van der Waals surface area contributed by atoms with E-state index in [1.54, 1.807) is 16.7 Å². The number of imidazole rings is 1. The Morgan fingerprint density at radius 1 is 1.29 bits per heavy atom. The summed E-state index contributed by atoms with van der Waals surface area (Å²) in [6.07, 6.45) is -2.73. The first-order valence-corrected chi connectivity index (χ1v) is 8.79. The molecule has 0 fully saturated rings. The highest BCUT2D eigenvalue weighted by Crippen LogP contribution is 2.33. The molecule has 2 aromatic rings. The third-order valence-corrected chi connectivity index (χ3v) is 4.29. The molecule has 0 unspecified atom stereocenters. The van der Waals surface area contributed by atoms with Crippen LogP contribution in [0.2, 0.25) is 5.15 Å². The third kappa shape index (κ3) is 5.50. The number of hydrogen-bond acceptors (Lipinski definition) is 5. The Hall–Kier alpha value is -2.51. The maximum Gasteiger partial charge on any atom is 0.408 e. The summed E-state index contributed by atoms with van der Waals surface area (Å²) in [6.45, 7) is 4.98. The van der Waals surface area contributed by atoms with Crippen LogP contribution in [0.25, 0.3) is 5.69 Å². The van der Waals surface area contributed by atoms with E-state index in [9.17, 15) is 13.2 Å². The SMILES string of the molecule is CCc1nc(CC)n(-c2ccc(N[C@H](C)C(F)(F)F)cc2OC)c1Cl.O=C=O. The van der Waals surface area contributed by atoms with Crippen LogP contribution in [0.3, 0.4) is 0 Å². The van der Waals surface area contributed by atoms with E-state index in [1.807, 2.05) is 13.8 Å². The molecule has 0 aliphatic heterocycles. The number of aromatic nitrogens is 2. The van der Waals surface area contributed by atoms with Crippen molar-refractivity contribution in [3.05, 3.63) is 34.9 Å². The largest absolute Gasteiger partial charge is 0.494 e. The van der Waals surface area contributed by atoms with Crippen LogP contribution in [-0.4, -0.2) is 35.0 Å². The first-order chi connectivity index (χ1) is 13.1. The lowest BCUT2D eigenvalue weighted by Crippen LogP contribution is -2.33. The van der Waals surface area contributed by atoms with E-state index in [0.717, 1.165) is 18.4 Å². The van der Waals surface area contributed by atoms with Crippen LogP contribution in [0, 0.1) is 0 Å². The van der Waals surface area contributed by atoms with Crippen LogP contribution >= 0.6 is 11.6 Å². The topological polar surface area (TPSA) is 73.2 Å². The highest BCUT2D eigenvalue weighted by molar-refractivity contribution is 6.30. The van der Waals surface area contributed by atoms with Crippen LogP contribution in [0.4, 0.5) is 18.9 Å². The van der Waals surface area contributed by atoms with Gasteiger partial charge in [-0.05, 0) is 25.5 Å². The summed E-state index contributed by atoms with van der Waals surface area (Å²) in [5.41, 5.74) is 1.73. The molecule has 0 aliphatic rings. The molecule has 1 N–H and O–H groups in total. The Morgan fingerprint density at radius 2 is 1.89 bits per heavy atom. The number of methoxy groups -OCH3 is 1. The van der Waals surface area contributed by atoms with Crippen LogP contribution in [0.5, 0.6) is 5.75 Å². The summed E-state index contributed by atoms with van der Waals surface area (Å²) in [7, 11) is 1.47. The van der Waals surface area contributed by atoms with Crippen molar-refractivity contribution in [1.82, 2.24) is 9.55 Å². The van der Waals surface area contributed by atoms with Crippen molar-refractivity contribution < 1.29 is 27.5 Å². The number of aryl methyl sites for hydroxylation is 2. The molecule has 28 heavy (non-hydrogen) atoms. The maximum absolute atomic E-state index is 12.7. The Labute approximate surface area is 165 Å². The Bertz CT molecular complexity index is 831. The minimum absolute atomic E-state index is 0.250. The van der Waals surface area contributed by atoms with Gasteiger partial charge in [-0.3, -0.25) is 4.57 Å². The molecule has 1 aromatic carbocycles. The van der Waals surface area contributed by atoms with E-state index in [0.29, 0.717) is 35.1 Å². The second-order valence-corrected chi connectivity index (χ2v) is 6.04. The van der Waals surface area contributed by atoms with Gasteiger partial charge in [-0.25, -0.2) is 4.98 Å². The monoisotopic (exact) mass is 419 g/mol. The zero-order valence-corrected chi connectivity index (χ0v) is 16.6. The van der Waals surface area contributed by atoms with Crippen LogP contribution in [0.15, 0.2) is 18.2 Å². The zero-order chi connectivity index (χ0) is 21.5. The Kier molecular flexibility index (Phi) is 8.53. The van der Waals surface area contributed by atoms with Crippen molar-refractivity contribution in [2.75, 3.05) is 12.4 Å². The summed E-state index contributed by atoms with van der Waals surface area (Å²) in [4.78, 5) is 20.8. The molecule has 0 radical (unpaired) electrons. The first-order valence-electron chi connectivity index (χ1n) is 8.41. The highest BCUT2D eigenvalue weighted by Gasteiger charge is 2.36. The molecule has 0 amide bonds. The molecule has 1 atom stereocenters. The van der Waals surface area contributed by atoms with Crippen molar-refractivity contribution in [1.29, 1.82) is 0 Å². The molecule has 0 saturated heterocycles. The van der Waals surface area contributed by atoms with E-state index in [2.05, 4.69) is 10.3 Å². The highest BCUT2D eigenvalue weighted by atomic mass is 35.5. The van der Waals surface area contributed by atoms with Gasteiger partial charge in [0.15, 0.2) is 0 Å². The zero-order valence-electron chi connectivity index (χ0n) is 15.9. The summed E-state index contributed by atoms with van der Waals surface area (Å²) in [6, 6.07) is 3.11. The van der Waals surface area contributed by atoms with E-state index in [4.69, 9.17) is 25.9 Å². The number of ether oxygens (including phenoxy) is 1. The van der Waals surface area contributed by atoms with E-state index >= 15 is 0 Å². The molecule has 1 aromatic heterocycles. The van der Waals surface area contributed by atoms with Gasteiger partial charge in [-0.15, -0.1) is 0 Å². The molecule has 1 heterocycles. The van der Waals surface area contributed by atoms with Gasteiger partial charge in [0.05, 0.1) is 18.5 Å². The molecular formula is C18H21ClF3N3O3. The van der Waals surface area contributed by atoms with Gasteiger partial charge < -0.3 is 10.1 Å². The lowest BCUT2D eigenvalue weighted by atomic mass is 10.2. The van der Waals surface area contributed by atoms with Crippen molar-refractivity contribution in [3.8, 4) is 11.4 Å². The number of rotatable bonds is 6. The fourth-order valence-electron chi connectivity index (χ4n) is 2.49. The minimum Gasteiger partial charge on any atom is -0.494 e. The lowest BCUT2D eigenvalue weighted by Gasteiger charge is -2.20. The van der Waals surface area contributed by atoms with Gasteiger partial charge in [-0.2, -0.15) is 22.8 Å². The summed E-state index contributed by atoms with van der Waals surface area (Å²) >= 11 is 6.44. The molecule has 0 aliphatic carbocycles. The maximum atomic E-state index is 12.7. The van der Waals surface area contributed by atoms with Crippen molar-refractivity contribution in [2.45, 2.75) is 45.8 Å². The summed E-state index contributed by atoms with van der Waals surface area (Å²) < 4.78 is 45.3. The fourth-order valence-corrected chi connectivity index (χ4v) is 2.85. The number of benzene rings is 1. The van der Waals surface area contributed by atoms with Gasteiger partial charge in [0.25, 0.3) is 0 Å². The van der Waals surface area contributed by atoms with Gasteiger partial charge in [0.1, 0.15) is 22.8 Å². The predicted octanol–water partition coefficient (Wildman–Crippen LogP) is 4.44. The molecule has 2 rings (SSSR count). The predicted molar refractivity (Wildman–Crippen MR) is 98.0 cm³/mol. The van der Waals surface area contributed by atoms with Crippen molar-refractivity contribution >= 4 is 23.4 Å². The van der Waals surface area contributed by atoms with Crippen LogP contribution in [-0.2, 0) is 22.4 Å². The molecule has 10 heteroatoms. The van der Waals surface area contributed by atoms with Crippen molar-refractivity contribution in [3.63, 3.8) is 0 Å². The molecule has 0 spiro atoms. The fraction of sp³-hybridized carbons (Fsp3) is 0.444. The lowest BCUT2D eigenvalue weighted by molar-refractivity contribution is -0.191. The molecule has 0 saturated carbocycles. The van der Waals surface area contributed by atoms with E-state index in [-0.39, 0.29) is 6.15 Å². The van der Waals surface area contributed by atoms with E-state index < -0.39 is 12.2 Å². The van der Waals surface area contributed by atoms with Gasteiger partial charge >= 0.3 is 12.3 Å². The average molecular weight is 420 g/mol. The van der Waals surface area contributed by atoms with Gasteiger partial charge in [0, 0.05) is 18.2 Å². The second-order valence-electron chi connectivity index (χ2n) is 5.69. The molecule has 6 nitrogen and oxygen atoms in total. The molecular weight excluding hydrogens is 399 g/mol. The van der Waals surface area contributed by atoms with E-state index in [1.165, 1.54) is 13.2 Å². The standard InChI is InChI=1S/C17H21ClF3N3O.CO2/c1-5-12-16(18)24(15(6-2)23-12)13-8-7-11(9-14(13)25-4)22-10(3)17(19,20)21;2-1-3/h7-10,22H,5-6H2,1-4H3;/t10-;/m1./s1. The Balaban J connectivity index is 0.00000122. The first kappa shape index (κ1) is 23.5. The molecule has 0 bridgehead atoms. The number of halogens is 4. The average Bonchev–Trinajstić information content (AvgIpc) is 2.97. The second kappa shape index (κ2) is 10.1. The summed E-state index contributed by atoms with van der Waals surface area (Å²) in [5, 5.41) is 2.92. The number of nitrogens with one attached hydrogen (secondary N) is 1. The number of nitrogens with zero attached hydrogens (tertiary/aromatic N) is 2. The number of hydrogen-bond donors (Lipinski definition) is 1. The normalized spacial score (nSPS) is 11.9. The van der Waals surface area contributed by atoms with Crippen molar-refractivity contribution in [2.24, 2.45) is 0 Å². The molecule has 154 valence electrons. The number of carbonyl (C=O) groups excluding carboxylic acids is 2. The van der Waals surface area contributed by atoms with Gasteiger partial charge in [-0.1, -0.05) is 25.4 Å². The third-order valence-electron chi connectivity index (χ3n) is 3.90. The smallest absolute Gasteiger partial charge is 0.408 e. The quantitative estimate of drug-likeness (QED) is 0.749. The van der Waals surface area contributed by atoms with Crippen LogP contribution < -0.4 is 10.1 Å².